The largest absolute Gasteiger partial charge is 0.366 e. The zero-order valence-electron chi connectivity index (χ0n) is 3.57. The van der Waals surface area contributed by atoms with Crippen LogP contribution in [0, 0.1) is 7.11 Å². The lowest BCUT2D eigenvalue weighted by Gasteiger charge is -1.97. The van der Waals surface area contributed by atoms with Crippen LogP contribution in [0.5, 0.6) is 0 Å². The second-order valence-electron chi connectivity index (χ2n) is 0.998. The van der Waals surface area contributed by atoms with E-state index in [1.165, 1.54) is 0 Å². The smallest absolute Gasteiger partial charge is 0.350 e. The molecule has 43 valence electrons. The predicted molar refractivity (Wildman–Crippen MR) is 23.4 cm³/mol. The molecule has 0 saturated carbocycles. The molecule has 0 aliphatic carbocycles. The van der Waals surface area contributed by atoms with Crippen LogP contribution in [0.3, 0.4) is 0 Å². The Morgan fingerprint density at radius 1 is 1.71 bits per heavy atom. The summed E-state index contributed by atoms with van der Waals surface area (Å²) in [6, 6.07) is 0. The first-order valence-electron chi connectivity index (χ1n) is 1.48. The highest BCUT2D eigenvalue weighted by Gasteiger charge is 2.09. The fraction of sp³-hybridized carbons (Fsp3) is 0.500. The molecule has 0 aliphatic rings. The molecule has 4 nitrogen and oxygen atoms in total. The third kappa shape index (κ3) is 6.11. The maximum atomic E-state index is 9.76. The summed E-state index contributed by atoms with van der Waals surface area (Å²) < 4.78 is 13.7. The molecule has 1 radical (unpaired) electrons. The van der Waals surface area contributed by atoms with Gasteiger partial charge in [-0.05, 0) is 0 Å². The van der Waals surface area contributed by atoms with E-state index in [4.69, 9.17) is 9.79 Å². The lowest BCUT2D eigenvalue weighted by atomic mass is 11.5. The monoisotopic (exact) mass is 125 g/mol. The Morgan fingerprint density at radius 2 is 2.14 bits per heavy atom. The Balaban J connectivity index is 3.36. The van der Waals surface area contributed by atoms with Gasteiger partial charge < -0.3 is 14.5 Å². The van der Waals surface area contributed by atoms with Gasteiger partial charge in [-0.2, -0.15) is 0 Å². The minimum atomic E-state index is -3.95. The van der Waals surface area contributed by atoms with Crippen molar-refractivity contribution in [2.45, 2.75) is 0 Å². The molecular weight excluding hydrogens is 119 g/mol. The molecule has 0 aromatic carbocycles. The van der Waals surface area contributed by atoms with Crippen molar-refractivity contribution < 1.29 is 19.1 Å². The highest BCUT2D eigenvalue weighted by Crippen LogP contribution is 2.33. The van der Waals surface area contributed by atoms with Crippen LogP contribution < -0.4 is 0 Å². The maximum Gasteiger partial charge on any atom is 0.350 e. The molecule has 5 heteroatoms. The van der Waals surface area contributed by atoms with Crippen LogP contribution in [-0.2, 0) is 9.30 Å². The first kappa shape index (κ1) is 7.11. The van der Waals surface area contributed by atoms with Gasteiger partial charge in [0.1, 0.15) is 6.35 Å². The second kappa shape index (κ2) is 2.43. The van der Waals surface area contributed by atoms with E-state index < -0.39 is 13.9 Å². The first-order valence-corrected chi connectivity index (χ1v) is 3.27. The van der Waals surface area contributed by atoms with Crippen molar-refractivity contribution in [1.29, 1.82) is 0 Å². The van der Waals surface area contributed by atoms with Gasteiger partial charge in [0.15, 0.2) is 0 Å². The van der Waals surface area contributed by atoms with Gasteiger partial charge in [0.25, 0.3) is 0 Å². The summed E-state index contributed by atoms with van der Waals surface area (Å²) in [4.78, 5) is 15.9. The van der Waals surface area contributed by atoms with Crippen molar-refractivity contribution in [2.24, 2.45) is 0 Å². The van der Waals surface area contributed by atoms with Gasteiger partial charge >= 0.3 is 7.60 Å². The van der Waals surface area contributed by atoms with Crippen LogP contribution >= 0.6 is 7.60 Å². The standard InChI is InChI=1S/C2H6O4P/c1-6-2-7(3,4)5/h1-2H2,(H2,3,4,5). The Bertz CT molecular complexity index is 83.7. The summed E-state index contributed by atoms with van der Waals surface area (Å²) in [5.41, 5.74) is 0. The summed E-state index contributed by atoms with van der Waals surface area (Å²) >= 11 is 0. The van der Waals surface area contributed by atoms with E-state index in [1.54, 1.807) is 0 Å². The molecule has 0 unspecified atom stereocenters. The van der Waals surface area contributed by atoms with Gasteiger partial charge in [-0.15, -0.1) is 0 Å². The van der Waals surface area contributed by atoms with E-state index in [0.717, 1.165) is 0 Å². The van der Waals surface area contributed by atoms with Crippen molar-refractivity contribution in [2.75, 3.05) is 6.35 Å². The fourth-order valence-corrected chi connectivity index (χ4v) is 0.357. The quantitative estimate of drug-likeness (QED) is 0.507. The molecule has 0 rings (SSSR count). The highest BCUT2D eigenvalue weighted by molar-refractivity contribution is 7.51. The number of hydrogen-bond acceptors (Lipinski definition) is 2. The molecule has 0 atom stereocenters. The summed E-state index contributed by atoms with van der Waals surface area (Å²) in [6.07, 6.45) is -0.604. The minimum Gasteiger partial charge on any atom is -0.366 e. The number of ether oxygens (including phenoxy) is 1. The van der Waals surface area contributed by atoms with Crippen molar-refractivity contribution >= 4 is 7.60 Å². The lowest BCUT2D eigenvalue weighted by Crippen LogP contribution is -1.86. The topological polar surface area (TPSA) is 66.8 Å². The minimum absolute atomic E-state index is 0.604. The average Bonchev–Trinajstić information content (AvgIpc) is 1.30. The Labute approximate surface area is 41.3 Å². The Hall–Kier alpha value is 0.110. The van der Waals surface area contributed by atoms with Crippen LogP contribution in [0.4, 0.5) is 0 Å². The maximum absolute atomic E-state index is 9.76. The van der Waals surface area contributed by atoms with E-state index >= 15 is 0 Å². The first-order chi connectivity index (χ1) is 3.06. The van der Waals surface area contributed by atoms with Crippen LogP contribution in [0.15, 0.2) is 0 Å². The predicted octanol–water partition coefficient (Wildman–Crippen LogP) is -0.0702. The summed E-state index contributed by atoms with van der Waals surface area (Å²) in [5, 5.41) is 0. The molecule has 0 amide bonds. The van der Waals surface area contributed by atoms with Crippen LogP contribution in [0.2, 0.25) is 0 Å². The molecule has 0 aromatic rings. The van der Waals surface area contributed by atoms with E-state index in [1.807, 2.05) is 0 Å². The Morgan fingerprint density at radius 3 is 2.14 bits per heavy atom. The molecular formula is C2H6O4P. The van der Waals surface area contributed by atoms with E-state index in [0.29, 0.717) is 0 Å². The van der Waals surface area contributed by atoms with Gasteiger partial charge in [-0.1, -0.05) is 0 Å². The van der Waals surface area contributed by atoms with Crippen LogP contribution in [0.1, 0.15) is 0 Å². The number of hydrogen-bond donors (Lipinski definition) is 2. The van der Waals surface area contributed by atoms with Gasteiger partial charge in [-0.3, -0.25) is 4.57 Å². The second-order valence-corrected chi connectivity index (χ2v) is 2.59. The van der Waals surface area contributed by atoms with Gasteiger partial charge in [0.2, 0.25) is 0 Å². The molecule has 7 heavy (non-hydrogen) atoms. The molecule has 2 N–H and O–H groups in total. The van der Waals surface area contributed by atoms with E-state index in [2.05, 4.69) is 11.8 Å². The lowest BCUT2D eigenvalue weighted by molar-refractivity contribution is 0.253. The van der Waals surface area contributed by atoms with E-state index in [9.17, 15) is 4.57 Å². The van der Waals surface area contributed by atoms with E-state index in [-0.39, 0.29) is 0 Å². The third-order valence-corrected chi connectivity index (χ3v) is 0.778. The van der Waals surface area contributed by atoms with Gasteiger partial charge in [0.05, 0.1) is 7.11 Å². The van der Waals surface area contributed by atoms with Crippen LogP contribution in [-0.4, -0.2) is 16.1 Å². The van der Waals surface area contributed by atoms with Crippen LogP contribution in [0.25, 0.3) is 0 Å². The molecule has 0 aliphatic heterocycles. The summed E-state index contributed by atoms with van der Waals surface area (Å²) in [5.74, 6) is 0. The molecule has 0 aromatic heterocycles. The zero-order valence-corrected chi connectivity index (χ0v) is 4.47. The van der Waals surface area contributed by atoms with Gasteiger partial charge in [0, 0.05) is 0 Å². The normalized spacial score (nSPS) is 11.9. The third-order valence-electron chi connectivity index (χ3n) is 0.259. The van der Waals surface area contributed by atoms with Crippen molar-refractivity contribution in [3.8, 4) is 0 Å². The fourth-order valence-electron chi connectivity index (χ4n) is 0.119. The number of rotatable bonds is 2. The molecule has 0 fully saturated rings. The molecule has 0 bridgehead atoms. The SMILES string of the molecule is [CH2]OCP(=O)(O)O. The molecule has 0 heterocycles. The molecule has 0 saturated heterocycles. The van der Waals surface area contributed by atoms with Crippen molar-refractivity contribution in [1.82, 2.24) is 0 Å². The van der Waals surface area contributed by atoms with Crippen molar-refractivity contribution in [3.63, 3.8) is 0 Å². The molecule has 0 spiro atoms. The average molecular weight is 125 g/mol. The summed E-state index contributed by atoms with van der Waals surface area (Å²) in [6.45, 7) is 0. The van der Waals surface area contributed by atoms with Gasteiger partial charge in [-0.25, -0.2) is 0 Å². The summed E-state index contributed by atoms with van der Waals surface area (Å²) in [7, 11) is -1.17. The van der Waals surface area contributed by atoms with Crippen molar-refractivity contribution in [3.05, 3.63) is 7.11 Å². The zero-order chi connectivity index (χ0) is 5.91. The Kier molecular flexibility index (Phi) is 2.46. The highest BCUT2D eigenvalue weighted by atomic mass is 31.2.